The summed E-state index contributed by atoms with van der Waals surface area (Å²) in [5, 5.41) is 12.5. The fourth-order valence-corrected chi connectivity index (χ4v) is 13.6. The number of benzene rings is 2. The monoisotopic (exact) mass is 518 g/mol. The van der Waals surface area contributed by atoms with E-state index in [2.05, 4.69) is 95.3 Å². The van der Waals surface area contributed by atoms with Crippen LogP contribution in [0.1, 0.15) is 86.0 Å². The summed E-state index contributed by atoms with van der Waals surface area (Å²) in [6, 6.07) is 22.3. The summed E-state index contributed by atoms with van der Waals surface area (Å²) >= 11 is 0. The summed E-state index contributed by atoms with van der Waals surface area (Å²) in [5.74, 6) is 4.79. The van der Waals surface area contributed by atoms with E-state index in [1.54, 1.807) is 0 Å². The van der Waals surface area contributed by atoms with Crippen molar-refractivity contribution >= 4 is 18.7 Å². The highest BCUT2D eigenvalue weighted by molar-refractivity contribution is 6.99. The molecule has 4 saturated carbocycles. The Morgan fingerprint density at radius 2 is 1.11 bits per heavy atom. The molecule has 2 nitrogen and oxygen atoms in total. The van der Waals surface area contributed by atoms with Gasteiger partial charge in [0.15, 0.2) is 0 Å². The van der Waals surface area contributed by atoms with Crippen LogP contribution < -0.4 is 10.4 Å². The molecule has 3 heteroatoms. The van der Waals surface area contributed by atoms with Crippen LogP contribution >= 0.6 is 0 Å². The minimum Gasteiger partial charge on any atom is -0.404 e. The van der Waals surface area contributed by atoms with Gasteiger partial charge < -0.3 is 9.53 Å². The van der Waals surface area contributed by atoms with Crippen LogP contribution in [0.25, 0.3) is 0 Å². The van der Waals surface area contributed by atoms with E-state index in [0.717, 1.165) is 36.0 Å². The largest absolute Gasteiger partial charge is 0.404 e. The zero-order valence-electron chi connectivity index (χ0n) is 23.9. The smallest absolute Gasteiger partial charge is 0.261 e. The molecule has 4 aliphatic rings. The molecule has 0 spiro atoms. The van der Waals surface area contributed by atoms with Gasteiger partial charge in [0.1, 0.15) is 0 Å². The van der Waals surface area contributed by atoms with E-state index < -0.39 is 8.32 Å². The molecular formula is C34H50O2Si. The Labute approximate surface area is 227 Å². The molecule has 0 heterocycles. The molecule has 6 rings (SSSR count). The molecule has 2 aromatic rings. The second kappa shape index (κ2) is 11.0. The molecule has 0 unspecified atom stereocenters. The standard InChI is InChI=1S/C25H34OSi.C9H16O/c1-19-15-16-20-17-18-23(24(19)20)26-27(25(2,3)4,21-11-7-5-8-12-21)22-13-9-6-10-14-22;1-6-2-3-7-4-5-8(10)9(6)7/h5-14,19-20,23-24H,15-18H2,1-4H3;6-10H,2-5H2,1H3/t19-,20-,23-,24-;6-,7-,8-,9-/m00/s1. The summed E-state index contributed by atoms with van der Waals surface area (Å²) < 4.78 is 7.46. The molecule has 202 valence electrons. The Bertz CT molecular complexity index is 946. The maximum absolute atomic E-state index is 9.57. The van der Waals surface area contributed by atoms with Gasteiger partial charge in [-0.15, -0.1) is 0 Å². The summed E-state index contributed by atoms with van der Waals surface area (Å²) in [7, 11) is -2.40. The summed E-state index contributed by atoms with van der Waals surface area (Å²) in [6.07, 6.45) is 10.9. The zero-order valence-corrected chi connectivity index (χ0v) is 24.9. The fraction of sp³-hybridized carbons (Fsp3) is 0.647. The third-order valence-electron chi connectivity index (χ3n) is 10.7. The van der Waals surface area contributed by atoms with Crippen molar-refractivity contribution < 1.29 is 9.53 Å². The van der Waals surface area contributed by atoms with Crippen LogP contribution in [-0.4, -0.2) is 25.6 Å². The molecule has 37 heavy (non-hydrogen) atoms. The third kappa shape index (κ3) is 5.13. The van der Waals surface area contributed by atoms with Crippen LogP contribution in [0.3, 0.4) is 0 Å². The van der Waals surface area contributed by atoms with E-state index in [0.29, 0.717) is 12.0 Å². The van der Waals surface area contributed by atoms with Crippen molar-refractivity contribution in [3.63, 3.8) is 0 Å². The lowest BCUT2D eigenvalue weighted by Gasteiger charge is -2.46. The molecule has 8 atom stereocenters. The first-order valence-electron chi connectivity index (χ1n) is 15.2. The van der Waals surface area contributed by atoms with Crippen molar-refractivity contribution in [1.82, 2.24) is 0 Å². The van der Waals surface area contributed by atoms with Gasteiger partial charge in [-0.05, 0) is 89.4 Å². The molecule has 0 amide bonds. The maximum atomic E-state index is 9.57. The highest BCUT2D eigenvalue weighted by atomic mass is 28.4. The fourth-order valence-electron chi connectivity index (χ4n) is 8.89. The van der Waals surface area contributed by atoms with E-state index in [1.807, 2.05) is 0 Å². The van der Waals surface area contributed by atoms with Crippen molar-refractivity contribution in [3.8, 4) is 0 Å². The number of aliphatic hydroxyl groups excluding tert-OH is 1. The SMILES string of the molecule is C[C@H]1CC[C@H]2CC[C@H](O)[C@H]21.C[C@H]1CC[C@H]2CC[C@H](O[Si](c3ccccc3)(c3ccccc3)C(C)(C)C)[C@H]21. The van der Waals surface area contributed by atoms with Crippen LogP contribution in [0.4, 0.5) is 0 Å². The first-order valence-corrected chi connectivity index (χ1v) is 17.1. The van der Waals surface area contributed by atoms with Gasteiger partial charge in [-0.1, -0.05) is 108 Å². The average molecular weight is 519 g/mol. The molecule has 4 fully saturated rings. The van der Waals surface area contributed by atoms with E-state index in [4.69, 9.17) is 4.43 Å². The Balaban J connectivity index is 0.000000233. The Hall–Kier alpha value is -1.42. The molecule has 0 saturated heterocycles. The van der Waals surface area contributed by atoms with Crippen LogP contribution in [0.2, 0.25) is 5.04 Å². The molecular weight excluding hydrogens is 468 g/mol. The molecule has 4 aliphatic carbocycles. The average Bonchev–Trinajstić information content (AvgIpc) is 3.65. The number of fused-ring (bicyclic) bond motifs is 2. The van der Waals surface area contributed by atoms with Crippen LogP contribution in [0, 0.1) is 35.5 Å². The Kier molecular flexibility index (Phi) is 8.06. The van der Waals surface area contributed by atoms with Gasteiger partial charge in [0, 0.05) is 6.10 Å². The van der Waals surface area contributed by atoms with Crippen molar-refractivity contribution in [2.75, 3.05) is 0 Å². The molecule has 0 aromatic heterocycles. The van der Waals surface area contributed by atoms with E-state index in [1.165, 1.54) is 55.3 Å². The summed E-state index contributed by atoms with van der Waals surface area (Å²) in [4.78, 5) is 0. The lowest BCUT2D eigenvalue weighted by atomic mass is 9.92. The lowest BCUT2D eigenvalue weighted by Crippen LogP contribution is -2.68. The maximum Gasteiger partial charge on any atom is 0.261 e. The van der Waals surface area contributed by atoms with E-state index >= 15 is 0 Å². The molecule has 0 bridgehead atoms. The van der Waals surface area contributed by atoms with Gasteiger partial charge in [0.2, 0.25) is 0 Å². The quantitative estimate of drug-likeness (QED) is 0.434. The minimum atomic E-state index is -2.40. The van der Waals surface area contributed by atoms with Gasteiger partial charge >= 0.3 is 0 Å². The van der Waals surface area contributed by atoms with Gasteiger partial charge in [-0.25, -0.2) is 0 Å². The Morgan fingerprint density at radius 3 is 1.62 bits per heavy atom. The van der Waals surface area contributed by atoms with Crippen molar-refractivity contribution in [1.29, 1.82) is 0 Å². The topological polar surface area (TPSA) is 29.5 Å². The van der Waals surface area contributed by atoms with Crippen molar-refractivity contribution in [2.24, 2.45) is 35.5 Å². The molecule has 1 N–H and O–H groups in total. The Morgan fingerprint density at radius 1 is 0.649 bits per heavy atom. The van der Waals surface area contributed by atoms with E-state index in [9.17, 15) is 5.11 Å². The van der Waals surface area contributed by atoms with Crippen molar-refractivity contribution in [2.45, 2.75) is 103 Å². The normalized spacial score (nSPS) is 35.1. The number of aliphatic hydroxyl groups is 1. The van der Waals surface area contributed by atoms with Crippen LogP contribution in [-0.2, 0) is 4.43 Å². The summed E-state index contributed by atoms with van der Waals surface area (Å²) in [5.41, 5.74) is 0. The molecule has 0 aliphatic heterocycles. The van der Waals surface area contributed by atoms with Crippen LogP contribution in [0.5, 0.6) is 0 Å². The first kappa shape index (κ1) is 27.2. The van der Waals surface area contributed by atoms with Gasteiger partial charge in [0.25, 0.3) is 8.32 Å². The minimum absolute atomic E-state index is 0.0440. The van der Waals surface area contributed by atoms with Gasteiger partial charge in [-0.2, -0.15) is 0 Å². The third-order valence-corrected chi connectivity index (χ3v) is 15.7. The van der Waals surface area contributed by atoms with Gasteiger partial charge in [0.05, 0.1) is 6.10 Å². The second-order valence-corrected chi connectivity index (χ2v) is 18.1. The number of hydrogen-bond donors (Lipinski definition) is 1. The van der Waals surface area contributed by atoms with Crippen LogP contribution in [0.15, 0.2) is 60.7 Å². The highest BCUT2D eigenvalue weighted by Crippen LogP contribution is 2.51. The summed E-state index contributed by atoms with van der Waals surface area (Å²) in [6.45, 7) is 11.9. The predicted octanol–water partition coefficient (Wildman–Crippen LogP) is 7.19. The highest BCUT2D eigenvalue weighted by Gasteiger charge is 2.54. The molecule has 0 radical (unpaired) electrons. The van der Waals surface area contributed by atoms with E-state index in [-0.39, 0.29) is 11.1 Å². The molecule has 2 aromatic carbocycles. The van der Waals surface area contributed by atoms with Crippen molar-refractivity contribution in [3.05, 3.63) is 60.7 Å². The first-order chi connectivity index (χ1) is 17.7. The number of hydrogen-bond acceptors (Lipinski definition) is 2. The second-order valence-electron chi connectivity index (χ2n) is 13.8. The lowest BCUT2D eigenvalue weighted by molar-refractivity contribution is 0.104. The van der Waals surface area contributed by atoms with Gasteiger partial charge in [-0.3, -0.25) is 0 Å². The predicted molar refractivity (Wildman–Crippen MR) is 158 cm³/mol. The zero-order chi connectivity index (χ0) is 26.2. The number of rotatable bonds is 4.